The molecule has 1 aliphatic rings. The third kappa shape index (κ3) is 1.89. The summed E-state index contributed by atoms with van der Waals surface area (Å²) in [4.78, 5) is 4.18. The van der Waals surface area contributed by atoms with E-state index in [0.29, 0.717) is 5.37 Å². The Balaban J connectivity index is 2.13. The van der Waals surface area contributed by atoms with E-state index < -0.39 is 0 Å². The van der Waals surface area contributed by atoms with Gasteiger partial charge < -0.3 is 9.88 Å². The molecule has 0 saturated carbocycles. The molecule has 1 fully saturated rings. The molecule has 4 heteroatoms. The molecule has 13 heavy (non-hydrogen) atoms. The zero-order valence-electron chi connectivity index (χ0n) is 7.86. The normalized spacial score (nSPS) is 23.3. The topological polar surface area (TPSA) is 29.9 Å². The number of nitrogens with one attached hydrogen (secondary N) is 1. The zero-order chi connectivity index (χ0) is 9.10. The average Bonchev–Trinajstić information content (AvgIpc) is 2.67. The molecule has 0 aromatic carbocycles. The van der Waals surface area contributed by atoms with Crippen LogP contribution in [-0.4, -0.2) is 21.8 Å². The maximum atomic E-state index is 4.18. The Hall–Kier alpha value is -0.480. The van der Waals surface area contributed by atoms with Gasteiger partial charge in [-0.1, -0.05) is 0 Å². The van der Waals surface area contributed by atoms with Crippen molar-refractivity contribution in [2.75, 3.05) is 12.3 Å². The smallest absolute Gasteiger partial charge is 0.0958 e. The number of nitrogens with zero attached hydrogens (tertiary/aromatic N) is 2. The second-order valence-corrected chi connectivity index (χ2v) is 4.38. The first-order valence-electron chi connectivity index (χ1n) is 4.77. The third-order valence-corrected chi connectivity index (χ3v) is 3.56. The second kappa shape index (κ2) is 4.15. The van der Waals surface area contributed by atoms with E-state index in [4.69, 9.17) is 0 Å². The molecule has 0 radical (unpaired) electrons. The first-order chi connectivity index (χ1) is 6.42. The number of hydrogen-bond donors (Lipinski definition) is 1. The molecular formula is C9H15N3S. The Bertz CT molecular complexity index is 266. The van der Waals surface area contributed by atoms with Gasteiger partial charge in [0.2, 0.25) is 0 Å². The van der Waals surface area contributed by atoms with Crippen LogP contribution in [0.5, 0.6) is 0 Å². The van der Waals surface area contributed by atoms with Gasteiger partial charge in [-0.15, -0.1) is 11.8 Å². The molecule has 0 aliphatic carbocycles. The number of thioether (sulfide) groups is 1. The van der Waals surface area contributed by atoms with Crippen LogP contribution in [0, 0.1) is 0 Å². The molecule has 1 aliphatic heterocycles. The molecule has 1 aromatic heterocycles. The molecule has 0 amide bonds. The summed E-state index contributed by atoms with van der Waals surface area (Å²) in [6.45, 7) is 4.29. The van der Waals surface area contributed by atoms with Gasteiger partial charge in [0.1, 0.15) is 0 Å². The molecule has 1 unspecified atom stereocenters. The van der Waals surface area contributed by atoms with Gasteiger partial charge in [0.15, 0.2) is 0 Å². The molecule has 2 heterocycles. The lowest BCUT2D eigenvalue weighted by atomic mass is 10.4. The van der Waals surface area contributed by atoms with Gasteiger partial charge in [0.05, 0.1) is 23.6 Å². The summed E-state index contributed by atoms with van der Waals surface area (Å²) in [6.07, 6.45) is 5.16. The van der Waals surface area contributed by atoms with Crippen LogP contribution in [0.3, 0.4) is 0 Å². The maximum absolute atomic E-state index is 4.18. The maximum Gasteiger partial charge on any atom is 0.0958 e. The van der Waals surface area contributed by atoms with Crippen molar-refractivity contribution >= 4 is 11.8 Å². The van der Waals surface area contributed by atoms with E-state index >= 15 is 0 Å². The third-order valence-electron chi connectivity index (χ3n) is 2.29. The van der Waals surface area contributed by atoms with Crippen molar-refractivity contribution in [3.63, 3.8) is 0 Å². The minimum absolute atomic E-state index is 0.455. The van der Waals surface area contributed by atoms with Crippen molar-refractivity contribution in [2.45, 2.75) is 25.3 Å². The van der Waals surface area contributed by atoms with Crippen LogP contribution in [0.25, 0.3) is 0 Å². The number of rotatable bonds is 2. The zero-order valence-corrected chi connectivity index (χ0v) is 8.68. The molecule has 72 valence electrons. The van der Waals surface area contributed by atoms with Gasteiger partial charge in [0, 0.05) is 6.54 Å². The van der Waals surface area contributed by atoms with Crippen LogP contribution in [0.2, 0.25) is 0 Å². The van der Waals surface area contributed by atoms with Gasteiger partial charge >= 0.3 is 0 Å². The summed E-state index contributed by atoms with van der Waals surface area (Å²) >= 11 is 1.98. The Morgan fingerprint density at radius 1 is 1.77 bits per heavy atom. The fourth-order valence-corrected chi connectivity index (χ4v) is 2.72. The predicted octanol–water partition coefficient (Wildman–Crippen LogP) is 1.63. The van der Waals surface area contributed by atoms with Crippen molar-refractivity contribution in [2.24, 2.45) is 0 Å². The van der Waals surface area contributed by atoms with Crippen LogP contribution in [-0.2, 0) is 6.54 Å². The van der Waals surface area contributed by atoms with Gasteiger partial charge in [-0.2, -0.15) is 0 Å². The molecule has 1 saturated heterocycles. The minimum Gasteiger partial charge on any atom is -0.333 e. The van der Waals surface area contributed by atoms with Crippen molar-refractivity contribution in [1.82, 2.24) is 14.9 Å². The molecular weight excluding hydrogens is 182 g/mol. The summed E-state index contributed by atoms with van der Waals surface area (Å²) in [5.41, 5.74) is 1.31. The molecule has 1 atom stereocenters. The Morgan fingerprint density at radius 3 is 3.38 bits per heavy atom. The Morgan fingerprint density at radius 2 is 2.69 bits per heavy atom. The lowest BCUT2D eigenvalue weighted by Crippen LogP contribution is -2.26. The average molecular weight is 197 g/mol. The first-order valence-corrected chi connectivity index (χ1v) is 5.81. The highest BCUT2D eigenvalue weighted by Crippen LogP contribution is 2.28. The Labute approximate surface area is 82.9 Å². The van der Waals surface area contributed by atoms with Gasteiger partial charge in [-0.05, 0) is 25.6 Å². The highest BCUT2D eigenvalue weighted by molar-refractivity contribution is 7.99. The minimum atomic E-state index is 0.455. The molecule has 1 aromatic rings. The number of imidazole rings is 1. The van der Waals surface area contributed by atoms with Crippen molar-refractivity contribution in [3.05, 3.63) is 18.2 Å². The summed E-state index contributed by atoms with van der Waals surface area (Å²) in [7, 11) is 0. The molecule has 0 spiro atoms. The number of aromatic nitrogens is 2. The van der Waals surface area contributed by atoms with Crippen molar-refractivity contribution < 1.29 is 0 Å². The summed E-state index contributed by atoms with van der Waals surface area (Å²) in [6, 6.07) is 0. The fourth-order valence-electron chi connectivity index (χ4n) is 1.57. The molecule has 1 N–H and O–H groups in total. The van der Waals surface area contributed by atoms with Crippen LogP contribution in [0.1, 0.15) is 24.4 Å². The molecule has 3 nitrogen and oxygen atoms in total. The lowest BCUT2D eigenvalue weighted by Gasteiger charge is -2.23. The van der Waals surface area contributed by atoms with Crippen LogP contribution >= 0.6 is 11.8 Å². The summed E-state index contributed by atoms with van der Waals surface area (Å²) in [5, 5.41) is 3.95. The summed E-state index contributed by atoms with van der Waals surface area (Å²) in [5.74, 6) is 1.26. The van der Waals surface area contributed by atoms with Gasteiger partial charge in [-0.3, -0.25) is 0 Å². The van der Waals surface area contributed by atoms with Gasteiger partial charge in [-0.25, -0.2) is 4.98 Å². The number of hydrogen-bond acceptors (Lipinski definition) is 3. The van der Waals surface area contributed by atoms with E-state index in [0.717, 1.165) is 13.1 Å². The van der Waals surface area contributed by atoms with E-state index in [1.54, 1.807) is 0 Å². The summed E-state index contributed by atoms with van der Waals surface area (Å²) < 4.78 is 2.20. The largest absolute Gasteiger partial charge is 0.333 e. The van der Waals surface area contributed by atoms with E-state index in [1.807, 2.05) is 24.3 Å². The second-order valence-electron chi connectivity index (χ2n) is 3.16. The van der Waals surface area contributed by atoms with Crippen molar-refractivity contribution in [3.8, 4) is 0 Å². The van der Waals surface area contributed by atoms with E-state index in [9.17, 15) is 0 Å². The quantitative estimate of drug-likeness (QED) is 0.781. The van der Waals surface area contributed by atoms with Crippen LogP contribution < -0.4 is 5.32 Å². The monoisotopic (exact) mass is 197 g/mol. The van der Waals surface area contributed by atoms with Crippen LogP contribution in [0.4, 0.5) is 0 Å². The van der Waals surface area contributed by atoms with Gasteiger partial charge in [0.25, 0.3) is 0 Å². The number of aryl methyl sites for hydroxylation is 1. The van der Waals surface area contributed by atoms with Crippen LogP contribution in [0.15, 0.2) is 12.5 Å². The predicted molar refractivity (Wildman–Crippen MR) is 55.7 cm³/mol. The van der Waals surface area contributed by atoms with E-state index in [2.05, 4.69) is 21.8 Å². The van der Waals surface area contributed by atoms with E-state index in [1.165, 1.54) is 17.9 Å². The molecule has 2 rings (SSSR count). The highest BCUT2D eigenvalue weighted by Gasteiger charge is 2.17. The standard InChI is InChI=1S/C9H15N3S/c1-2-12-7-10-6-8(12)9-11-4-3-5-13-9/h6-7,9,11H,2-5H2,1H3. The highest BCUT2D eigenvalue weighted by atomic mass is 32.2. The fraction of sp³-hybridized carbons (Fsp3) is 0.667. The van der Waals surface area contributed by atoms with Crippen molar-refractivity contribution in [1.29, 1.82) is 0 Å². The van der Waals surface area contributed by atoms with E-state index in [-0.39, 0.29) is 0 Å². The lowest BCUT2D eigenvalue weighted by molar-refractivity contribution is 0.597. The molecule has 0 bridgehead atoms. The SMILES string of the molecule is CCn1cncc1C1NCCCS1. The Kier molecular flexibility index (Phi) is 2.90. The first kappa shape index (κ1) is 9.09.